The number of rotatable bonds is 3. The van der Waals surface area contributed by atoms with Crippen molar-refractivity contribution in [3.8, 4) is 0 Å². The van der Waals surface area contributed by atoms with Crippen molar-refractivity contribution in [3.05, 3.63) is 21.4 Å². The minimum atomic E-state index is 0.605. The molecule has 19 heavy (non-hydrogen) atoms. The van der Waals surface area contributed by atoms with E-state index in [1.807, 2.05) is 11.3 Å². The molecule has 1 nitrogen and oxygen atoms in total. The van der Waals surface area contributed by atoms with E-state index in [1.165, 1.54) is 28.2 Å². The van der Waals surface area contributed by atoms with Gasteiger partial charge in [0.2, 0.25) is 0 Å². The molecule has 0 aromatic carbocycles. The molecule has 106 valence electrons. The molecule has 0 spiro atoms. The van der Waals surface area contributed by atoms with Crippen LogP contribution in [-0.4, -0.2) is 6.04 Å². The van der Waals surface area contributed by atoms with Crippen LogP contribution in [0.4, 0.5) is 0 Å². The summed E-state index contributed by atoms with van der Waals surface area (Å²) < 4.78 is 0. The van der Waals surface area contributed by atoms with Gasteiger partial charge in [-0.05, 0) is 61.5 Å². The first-order valence-electron chi connectivity index (χ1n) is 7.69. The van der Waals surface area contributed by atoms with Crippen LogP contribution in [0.2, 0.25) is 0 Å². The molecule has 0 radical (unpaired) electrons. The highest BCUT2D eigenvalue weighted by Gasteiger charge is 2.55. The Labute approximate surface area is 121 Å². The van der Waals surface area contributed by atoms with Gasteiger partial charge >= 0.3 is 0 Å². The van der Waals surface area contributed by atoms with E-state index < -0.39 is 0 Å². The van der Waals surface area contributed by atoms with Crippen LogP contribution in [0.1, 0.15) is 48.9 Å². The largest absolute Gasteiger partial charge is 0.309 e. The monoisotopic (exact) mass is 277 g/mol. The SMILES string of the molecule is Cc1cc(CNC2CC3CC(C2C)C3(C)C)sc1C. The standard InChI is InChI=1S/C17H27NS/c1-10-6-14(19-12(10)3)9-18-16-8-13-7-15(11(16)2)17(13,4)5/h6,11,13,15-16,18H,7-9H2,1-5H3. The fourth-order valence-electron chi connectivity index (χ4n) is 4.39. The highest BCUT2D eigenvalue weighted by atomic mass is 32.1. The summed E-state index contributed by atoms with van der Waals surface area (Å²) in [6.07, 6.45) is 2.86. The average molecular weight is 277 g/mol. The first-order chi connectivity index (χ1) is 8.89. The van der Waals surface area contributed by atoms with E-state index in [4.69, 9.17) is 0 Å². The second kappa shape index (κ2) is 4.60. The summed E-state index contributed by atoms with van der Waals surface area (Å²) in [5, 5.41) is 3.84. The van der Waals surface area contributed by atoms with Gasteiger partial charge in [0, 0.05) is 22.3 Å². The molecule has 4 rings (SSSR count). The summed E-state index contributed by atoms with van der Waals surface area (Å²) in [6, 6.07) is 3.09. The van der Waals surface area contributed by atoms with Crippen molar-refractivity contribution >= 4 is 11.3 Å². The van der Waals surface area contributed by atoms with Crippen molar-refractivity contribution in [2.24, 2.45) is 23.2 Å². The van der Waals surface area contributed by atoms with Crippen LogP contribution in [-0.2, 0) is 6.54 Å². The van der Waals surface area contributed by atoms with Gasteiger partial charge in [-0.1, -0.05) is 20.8 Å². The maximum atomic E-state index is 3.84. The van der Waals surface area contributed by atoms with Gasteiger partial charge in [0.1, 0.15) is 0 Å². The lowest BCUT2D eigenvalue weighted by Crippen LogP contribution is -2.59. The van der Waals surface area contributed by atoms with E-state index in [-0.39, 0.29) is 0 Å². The molecule has 3 fully saturated rings. The molecule has 1 aromatic heterocycles. The molecule has 0 aliphatic heterocycles. The second-order valence-electron chi connectivity index (χ2n) is 7.39. The predicted octanol–water partition coefficient (Wildman–Crippen LogP) is 4.53. The molecule has 4 atom stereocenters. The van der Waals surface area contributed by atoms with Gasteiger partial charge in [-0.25, -0.2) is 0 Å². The third-order valence-electron chi connectivity index (χ3n) is 6.11. The Morgan fingerprint density at radius 2 is 2.05 bits per heavy atom. The van der Waals surface area contributed by atoms with Crippen LogP contribution in [0.3, 0.4) is 0 Å². The molecule has 1 aromatic rings. The zero-order valence-electron chi connectivity index (χ0n) is 12.9. The predicted molar refractivity (Wildman–Crippen MR) is 83.6 cm³/mol. The highest BCUT2D eigenvalue weighted by Crippen LogP contribution is 2.61. The molecular weight excluding hydrogens is 250 g/mol. The summed E-state index contributed by atoms with van der Waals surface area (Å²) in [4.78, 5) is 2.97. The normalized spacial score (nSPS) is 36.1. The van der Waals surface area contributed by atoms with Gasteiger partial charge in [-0.2, -0.15) is 0 Å². The van der Waals surface area contributed by atoms with E-state index >= 15 is 0 Å². The van der Waals surface area contributed by atoms with Crippen molar-refractivity contribution in [1.82, 2.24) is 5.32 Å². The van der Waals surface area contributed by atoms with E-state index in [1.54, 1.807) is 0 Å². The fourth-order valence-corrected chi connectivity index (χ4v) is 5.39. The summed E-state index contributed by atoms with van der Waals surface area (Å²) in [5.74, 6) is 2.73. The van der Waals surface area contributed by atoms with Crippen molar-refractivity contribution in [2.75, 3.05) is 0 Å². The minimum absolute atomic E-state index is 0.605. The molecular formula is C17H27NS. The third-order valence-corrected chi connectivity index (χ3v) is 7.26. The smallest absolute Gasteiger partial charge is 0.0302 e. The van der Waals surface area contributed by atoms with Crippen LogP contribution in [0.15, 0.2) is 6.07 Å². The molecule has 0 amide bonds. The van der Waals surface area contributed by atoms with Gasteiger partial charge in [-0.15, -0.1) is 11.3 Å². The summed E-state index contributed by atoms with van der Waals surface area (Å²) >= 11 is 1.95. The average Bonchev–Trinajstić information content (AvgIpc) is 2.66. The van der Waals surface area contributed by atoms with Gasteiger partial charge in [0.15, 0.2) is 0 Å². The Morgan fingerprint density at radius 3 is 2.58 bits per heavy atom. The molecule has 1 N–H and O–H groups in total. The zero-order chi connectivity index (χ0) is 13.8. The summed E-state index contributed by atoms with van der Waals surface area (Å²) in [6.45, 7) is 12.9. The van der Waals surface area contributed by atoms with Crippen LogP contribution in [0.25, 0.3) is 0 Å². The number of fused-ring (bicyclic) bond motifs is 2. The maximum absolute atomic E-state index is 3.84. The van der Waals surface area contributed by atoms with E-state index in [2.05, 4.69) is 46.0 Å². The third kappa shape index (κ3) is 2.17. The van der Waals surface area contributed by atoms with Crippen LogP contribution >= 0.6 is 11.3 Å². The Kier molecular flexibility index (Phi) is 3.30. The van der Waals surface area contributed by atoms with E-state index in [0.717, 1.165) is 30.3 Å². The van der Waals surface area contributed by atoms with Gasteiger partial charge in [0.25, 0.3) is 0 Å². The van der Waals surface area contributed by atoms with Crippen molar-refractivity contribution < 1.29 is 0 Å². The first-order valence-corrected chi connectivity index (χ1v) is 8.50. The van der Waals surface area contributed by atoms with Gasteiger partial charge in [-0.3, -0.25) is 0 Å². The molecule has 2 bridgehead atoms. The van der Waals surface area contributed by atoms with Crippen LogP contribution in [0, 0.1) is 37.0 Å². The molecule has 0 saturated heterocycles. The van der Waals surface area contributed by atoms with Crippen LogP contribution in [0.5, 0.6) is 0 Å². The molecule has 3 aliphatic carbocycles. The summed E-state index contributed by atoms with van der Waals surface area (Å²) in [5.41, 5.74) is 2.05. The van der Waals surface area contributed by atoms with Crippen LogP contribution < -0.4 is 5.32 Å². The Balaban J connectivity index is 1.60. The van der Waals surface area contributed by atoms with Crippen molar-refractivity contribution in [2.45, 2.75) is 60.0 Å². The van der Waals surface area contributed by atoms with Gasteiger partial charge < -0.3 is 5.32 Å². The Hall–Kier alpha value is -0.340. The zero-order valence-corrected chi connectivity index (χ0v) is 13.7. The highest BCUT2D eigenvalue weighted by molar-refractivity contribution is 7.12. The quantitative estimate of drug-likeness (QED) is 0.856. The topological polar surface area (TPSA) is 12.0 Å². The number of hydrogen-bond acceptors (Lipinski definition) is 2. The maximum Gasteiger partial charge on any atom is 0.0302 e. The lowest BCUT2D eigenvalue weighted by molar-refractivity contribution is -0.115. The molecule has 3 saturated carbocycles. The number of nitrogens with one attached hydrogen (secondary N) is 1. The lowest BCUT2D eigenvalue weighted by atomic mass is 9.45. The minimum Gasteiger partial charge on any atom is -0.309 e. The Bertz CT molecular complexity index is 454. The molecule has 2 heteroatoms. The first kappa shape index (κ1) is 13.6. The van der Waals surface area contributed by atoms with E-state index in [0.29, 0.717) is 5.41 Å². The van der Waals surface area contributed by atoms with Crippen molar-refractivity contribution in [1.29, 1.82) is 0 Å². The fraction of sp³-hybridized carbons (Fsp3) is 0.765. The van der Waals surface area contributed by atoms with E-state index in [9.17, 15) is 0 Å². The van der Waals surface area contributed by atoms with Crippen molar-refractivity contribution in [3.63, 3.8) is 0 Å². The van der Waals surface area contributed by atoms with Gasteiger partial charge in [0.05, 0.1) is 0 Å². The summed E-state index contributed by atoms with van der Waals surface area (Å²) in [7, 11) is 0. The molecule has 3 aliphatic rings. The second-order valence-corrected chi connectivity index (χ2v) is 8.74. The number of hydrogen-bond donors (Lipinski definition) is 1. The number of aryl methyl sites for hydroxylation is 2. The Morgan fingerprint density at radius 1 is 1.32 bits per heavy atom. The lowest BCUT2D eigenvalue weighted by Gasteiger charge is -2.62. The molecule has 4 unspecified atom stereocenters. The number of thiophene rings is 1. The molecule has 1 heterocycles.